The Morgan fingerprint density at radius 1 is 0.450 bits per heavy atom. The number of aromatic amines is 4. The maximum atomic E-state index is 16.6. The monoisotopic (exact) mass is 1950 g/mol. The summed E-state index contributed by atoms with van der Waals surface area (Å²) in [5.74, 6) is -13.4. The Hall–Kier alpha value is -8.97. The van der Waals surface area contributed by atoms with Crippen LogP contribution in [0.15, 0.2) is 148 Å². The summed E-state index contributed by atoms with van der Waals surface area (Å²) in [5.41, 5.74) is -14.1. The molecule has 6 aliphatic heterocycles. The summed E-state index contributed by atoms with van der Waals surface area (Å²) >= 11 is 5.45. The molecule has 10 heterocycles. The standard InChI is InChI=1S/C24H31FN3O11P.C22H29FN3O10P.C12H15FN2O7.C10H13FN2O6.C7H15ClNO3P/c1-14(2)35-18(30)15(3)27-40(32,39-16-9-7-6-8-10-16)34-13-24(25)19-23(4,38-22(33-5)36-19)20(37-24)28-12-11-17(29)26-21(28)31;1-13(2)34-17(28)14(3)25-37(32,36-15-8-6-5-7-9-15)33-12-22(23)18(29)21(4,31)19(35-22)26-11-10-16(27)24-20(26)30;1-11-7(20-10(19-2)22-11)12(13,5-16)21-8(11)15-4-3-6(17)14-9(15)18;1-9(18)6(16)10(11,4-14)19-7(9)13-3-2-5(15)12-8(13)17;1-5(2)12-7(10)6(3)9-13(4,8)11/h6-12,14-15,19-20,22H,13H2,1-5H3,(H,27,32)(H,26,29,31);5-11,13-14,18-19,29,31H,12H2,1-4H3,(H,25,32)(H,24,27,30);3-4,7-8,10,16H,5H2,1-2H3,(H,14,17,18);2-3,6-7,14,16,18H,4H2,1H3,(H,12,15,17);5-6H,1-4H3,(H,9,11). The number of alkyl halides is 4. The van der Waals surface area contributed by atoms with Crippen LogP contribution in [0.2, 0.25) is 0 Å². The predicted molar refractivity (Wildman–Crippen MR) is 441 cm³/mol. The van der Waals surface area contributed by atoms with E-state index in [1.165, 1.54) is 72.8 Å². The number of esters is 3. The highest BCUT2D eigenvalue weighted by Gasteiger charge is 2.73. The molecule has 13 N–H and O–H groups in total. The first-order valence-electron chi connectivity index (χ1n) is 39.4. The maximum absolute atomic E-state index is 16.6. The second kappa shape index (κ2) is 42.7. The maximum Gasteiger partial charge on any atom is 0.459 e. The lowest BCUT2D eigenvalue weighted by molar-refractivity contribution is -0.301. The lowest BCUT2D eigenvalue weighted by atomic mass is 9.95. The Morgan fingerprint density at radius 3 is 1.03 bits per heavy atom. The molecule has 0 bridgehead atoms. The van der Waals surface area contributed by atoms with E-state index in [1.807, 2.05) is 15.0 Å². The molecule has 131 heavy (non-hydrogen) atoms. The van der Waals surface area contributed by atoms with Crippen LogP contribution in [0, 0.1) is 0 Å². The summed E-state index contributed by atoms with van der Waals surface area (Å²) in [7, 11) is -6.48. The molecule has 0 radical (unpaired) electrons. The fourth-order valence-electron chi connectivity index (χ4n) is 13.3. The minimum absolute atomic E-state index is 0.0493. The molecule has 6 saturated heterocycles. The third-order valence-corrected chi connectivity index (χ3v) is 23.8. The fourth-order valence-corrected chi connectivity index (χ4v) is 17.6. The smallest absolute Gasteiger partial charge is 0.459 e. The third kappa shape index (κ3) is 25.8. The van der Waals surface area contributed by atoms with Crippen molar-refractivity contribution in [2.45, 2.75) is 235 Å². The summed E-state index contributed by atoms with van der Waals surface area (Å²) in [6.07, 6.45) is -10.3. The van der Waals surface area contributed by atoms with E-state index in [0.29, 0.717) is 4.57 Å². The highest BCUT2D eigenvalue weighted by atomic mass is 35.7. The Balaban J connectivity index is 0.000000213. The molecule has 6 fully saturated rings. The van der Waals surface area contributed by atoms with Gasteiger partial charge in [-0.1, -0.05) is 36.4 Å². The molecule has 48 nitrogen and oxygen atoms in total. The van der Waals surface area contributed by atoms with Crippen LogP contribution in [0.1, 0.15) is 115 Å². The highest BCUT2D eigenvalue weighted by molar-refractivity contribution is 7.87. The zero-order chi connectivity index (χ0) is 98.1. The van der Waals surface area contributed by atoms with Crippen LogP contribution < -0.4 is 69.3 Å². The van der Waals surface area contributed by atoms with Crippen molar-refractivity contribution < 1.29 is 156 Å². The molecule has 12 rings (SSSR count). The van der Waals surface area contributed by atoms with E-state index in [9.17, 15) is 101 Å². The van der Waals surface area contributed by atoms with Crippen LogP contribution in [0.4, 0.5) is 17.6 Å². The van der Waals surface area contributed by atoms with Gasteiger partial charge in [-0.25, -0.2) is 51.0 Å². The SMILES string of the molecule is CC(C)OC(=O)C(C)NP(=O)(OCC1(F)OC(n2ccc(=O)[nH]c2=O)C(C)(O)C1O)Oc1ccccc1.CC(C)OC(=O)C(C)NP(C)(=O)Cl.CC1(O)C(n2ccc(=O)[nH]c2=O)OC(F)(CO)C1O.COC1OC2C(F)(CO)OC(n3ccc(=O)[nH]c3=O)C2(C)O1.COC1OC2C(F)(COP(=O)(NC(C)C(=O)OC(C)C)Oc3ccccc3)OC(n3ccc(=O)[nH]c3=O)C2(C)O1. The molecular weight excluding hydrogens is 1850 g/mol. The molecule has 24 unspecified atom stereocenters. The number of nitrogens with zero attached hydrogens (tertiary/aromatic N) is 4. The van der Waals surface area contributed by atoms with Crippen LogP contribution in [0.25, 0.3) is 0 Å². The number of aliphatic hydroxyl groups is 6. The van der Waals surface area contributed by atoms with Crippen LogP contribution in [0.5, 0.6) is 11.5 Å². The molecule has 6 aromatic rings. The number of halogens is 5. The number of aliphatic hydroxyl groups excluding tert-OH is 4. The number of nitrogens with one attached hydrogen (secondary N) is 7. The van der Waals surface area contributed by atoms with Gasteiger partial charge in [-0.15, -0.1) is 0 Å². The van der Waals surface area contributed by atoms with Crippen molar-refractivity contribution in [3.05, 3.63) is 193 Å². The molecule has 730 valence electrons. The van der Waals surface area contributed by atoms with E-state index < -0.39 is 250 Å². The van der Waals surface area contributed by atoms with Gasteiger partial charge in [0, 0.05) is 69.9 Å². The second-order valence-electron chi connectivity index (χ2n) is 31.5. The normalized spacial score (nSPS) is 31.3. The summed E-state index contributed by atoms with van der Waals surface area (Å²) in [4.78, 5) is 137. The van der Waals surface area contributed by atoms with Crippen molar-refractivity contribution >= 4 is 51.3 Å². The third-order valence-electron chi connectivity index (χ3n) is 19.4. The van der Waals surface area contributed by atoms with Gasteiger partial charge < -0.3 is 101 Å². The number of rotatable bonds is 30. The number of fused-ring (bicyclic) bond motifs is 2. The Morgan fingerprint density at radius 2 is 0.733 bits per heavy atom. The fraction of sp³-hybridized carbons (Fsp3) is 0.587. The predicted octanol–water partition coefficient (Wildman–Crippen LogP) is 1.59. The topological polar surface area (TPSA) is 636 Å². The summed E-state index contributed by atoms with van der Waals surface area (Å²) < 4.78 is 193. The van der Waals surface area contributed by atoms with Crippen molar-refractivity contribution in [2.75, 3.05) is 47.3 Å². The van der Waals surface area contributed by atoms with Gasteiger partial charge in [0.1, 0.15) is 90.7 Å². The number of carbonyl (C=O) groups excluding carboxylic acids is 3. The van der Waals surface area contributed by atoms with E-state index in [4.69, 9.17) is 96.0 Å². The molecule has 0 aliphatic carbocycles. The molecule has 2 aromatic carbocycles. The Bertz CT molecular complexity index is 5620. The number of H-pyrrole nitrogens is 4. The average molecular weight is 1960 g/mol. The lowest BCUT2D eigenvalue weighted by Crippen LogP contribution is -2.50. The van der Waals surface area contributed by atoms with Gasteiger partial charge in [0.05, 0.1) is 18.3 Å². The van der Waals surface area contributed by atoms with Gasteiger partial charge in [0.25, 0.3) is 58.6 Å². The number of benzene rings is 2. The zero-order valence-corrected chi connectivity index (χ0v) is 76.3. The van der Waals surface area contributed by atoms with Crippen molar-refractivity contribution in [3.8, 4) is 11.5 Å². The van der Waals surface area contributed by atoms with Gasteiger partial charge in [0.15, 0.2) is 37.1 Å². The molecule has 0 amide bonds. The van der Waals surface area contributed by atoms with Crippen LogP contribution in [-0.4, -0.2) is 254 Å². The average Bonchev–Trinajstić information content (AvgIpc) is 1.55. The van der Waals surface area contributed by atoms with Crippen LogP contribution in [0.3, 0.4) is 0 Å². The Labute approximate surface area is 744 Å². The van der Waals surface area contributed by atoms with Crippen molar-refractivity contribution in [1.82, 2.24) is 53.5 Å². The zero-order valence-electron chi connectivity index (χ0n) is 72.8. The summed E-state index contributed by atoms with van der Waals surface area (Å²) in [5, 5.41) is 66.5. The first-order valence-corrected chi connectivity index (χ1v) is 45.6. The van der Waals surface area contributed by atoms with Crippen molar-refractivity contribution in [3.63, 3.8) is 0 Å². The molecule has 56 heteroatoms. The first kappa shape index (κ1) is 107. The number of ether oxygens (including phenoxy) is 13. The van der Waals surface area contributed by atoms with Gasteiger partial charge >= 0.3 is 56.2 Å². The number of aromatic nitrogens is 8. The molecular formula is C75H103ClF4N11O37P3. The summed E-state index contributed by atoms with van der Waals surface area (Å²) in [6.45, 7) is 10.6. The quantitative estimate of drug-likeness (QED) is 0.0132. The number of carbonyl (C=O) groups is 3. The van der Waals surface area contributed by atoms with Crippen LogP contribution in [-0.2, 0) is 98.7 Å². The van der Waals surface area contributed by atoms with E-state index >= 15 is 8.78 Å². The lowest BCUT2D eigenvalue weighted by Gasteiger charge is -2.29. The van der Waals surface area contributed by atoms with E-state index in [-0.39, 0.29) is 17.6 Å². The minimum atomic E-state index is -4.55. The molecule has 6 aliphatic rings. The Kier molecular flexibility index (Phi) is 35.0. The van der Waals surface area contributed by atoms with Gasteiger partial charge in [0.2, 0.25) is 6.65 Å². The second-order valence-corrected chi connectivity index (χ2v) is 38.8. The van der Waals surface area contributed by atoms with E-state index in [1.54, 1.807) is 84.9 Å². The van der Waals surface area contributed by atoms with Gasteiger partial charge in [-0.2, -0.15) is 10.2 Å². The first-order chi connectivity index (χ1) is 60.7. The highest BCUT2D eigenvalue weighted by Crippen LogP contribution is 2.57. The van der Waals surface area contributed by atoms with E-state index in [2.05, 4.69) is 20.2 Å². The molecule has 4 aromatic heterocycles. The molecule has 0 saturated carbocycles. The van der Waals surface area contributed by atoms with Gasteiger partial charge in [-0.05, 0) is 126 Å². The molecule has 24 atom stereocenters. The van der Waals surface area contributed by atoms with Crippen molar-refractivity contribution in [2.24, 2.45) is 0 Å². The molecule has 0 spiro atoms. The number of hydrogen-bond donors (Lipinski definition) is 13. The largest absolute Gasteiger partial charge is 0.462 e. The van der Waals surface area contributed by atoms with E-state index in [0.717, 1.165) is 76.6 Å². The van der Waals surface area contributed by atoms with Crippen LogP contribution >= 0.6 is 33.4 Å². The number of para-hydroxylation sites is 2. The number of hydrogen-bond acceptors (Lipinski definition) is 37. The summed E-state index contributed by atoms with van der Waals surface area (Å²) in [6, 6.07) is 16.6. The number of methoxy groups -OCH3 is 2. The minimum Gasteiger partial charge on any atom is -0.462 e. The van der Waals surface area contributed by atoms with Crippen molar-refractivity contribution in [1.29, 1.82) is 0 Å². The van der Waals surface area contributed by atoms with Gasteiger partial charge in [-0.3, -0.25) is 85.4 Å².